The number of hydrogen-bond donors (Lipinski definition) is 1. The number of ether oxygens (including phenoxy) is 1. The minimum absolute atomic E-state index is 0.0314. The van der Waals surface area contributed by atoms with Crippen molar-refractivity contribution in [3.05, 3.63) is 72.1 Å². The van der Waals surface area contributed by atoms with E-state index in [2.05, 4.69) is 10.3 Å². The first kappa shape index (κ1) is 17.3. The number of nitrogens with zero attached hydrogens (tertiary/aromatic N) is 1. The van der Waals surface area contributed by atoms with Gasteiger partial charge in [-0.25, -0.2) is 4.98 Å². The fourth-order valence-corrected chi connectivity index (χ4v) is 3.20. The summed E-state index contributed by atoms with van der Waals surface area (Å²) in [5.74, 6) is 1.80. The van der Waals surface area contributed by atoms with Gasteiger partial charge in [0.2, 0.25) is 11.8 Å². The molecule has 1 aromatic heterocycles. The molecule has 1 fully saturated rings. The van der Waals surface area contributed by atoms with Crippen molar-refractivity contribution >= 4 is 5.91 Å². The largest absolute Gasteiger partial charge is 0.497 e. The highest BCUT2D eigenvalue weighted by molar-refractivity contribution is 5.78. The molecule has 1 N–H and O–H groups in total. The average Bonchev–Trinajstić information content (AvgIpc) is 3.45. The maximum Gasteiger partial charge on any atom is 0.226 e. The Morgan fingerprint density at radius 2 is 1.93 bits per heavy atom. The number of rotatable bonds is 7. The summed E-state index contributed by atoms with van der Waals surface area (Å²) in [6.45, 7) is 0. The number of carbonyl (C=O) groups is 1. The maximum atomic E-state index is 12.6. The van der Waals surface area contributed by atoms with E-state index in [0.717, 1.165) is 29.7 Å². The van der Waals surface area contributed by atoms with Gasteiger partial charge in [0.25, 0.3) is 0 Å². The van der Waals surface area contributed by atoms with Crippen molar-refractivity contribution in [1.82, 2.24) is 10.3 Å². The molecule has 4 rings (SSSR count). The molecule has 27 heavy (non-hydrogen) atoms. The monoisotopic (exact) mass is 362 g/mol. The number of nitrogens with one attached hydrogen (secondary N) is 1. The molecule has 2 aromatic carbocycles. The van der Waals surface area contributed by atoms with E-state index >= 15 is 0 Å². The average molecular weight is 362 g/mol. The first-order valence-electron chi connectivity index (χ1n) is 9.16. The molecule has 1 aliphatic rings. The number of aromatic nitrogens is 1. The van der Waals surface area contributed by atoms with Crippen LogP contribution >= 0.6 is 0 Å². The quantitative estimate of drug-likeness (QED) is 0.685. The molecule has 1 amide bonds. The minimum atomic E-state index is -0.0457. The van der Waals surface area contributed by atoms with Crippen LogP contribution in [0.2, 0.25) is 0 Å². The first-order chi connectivity index (χ1) is 13.2. The van der Waals surface area contributed by atoms with Crippen LogP contribution in [0.25, 0.3) is 11.5 Å². The van der Waals surface area contributed by atoms with Crippen LogP contribution in [0.5, 0.6) is 5.75 Å². The predicted octanol–water partition coefficient (Wildman–Crippen LogP) is 4.16. The molecule has 0 aliphatic heterocycles. The zero-order valence-electron chi connectivity index (χ0n) is 15.2. The molecule has 1 saturated carbocycles. The van der Waals surface area contributed by atoms with Crippen molar-refractivity contribution in [2.24, 2.45) is 5.92 Å². The molecule has 0 spiro atoms. The lowest BCUT2D eigenvalue weighted by Crippen LogP contribution is -2.31. The molecule has 3 aromatic rings. The smallest absolute Gasteiger partial charge is 0.226 e. The fourth-order valence-electron chi connectivity index (χ4n) is 3.20. The SMILES string of the molecule is COc1ccc(C(NC(=O)Cc2coc(-c3ccccc3)n2)C2CC2)cc1. The van der Waals surface area contributed by atoms with Gasteiger partial charge in [-0.3, -0.25) is 4.79 Å². The van der Waals surface area contributed by atoms with Gasteiger partial charge in [-0.2, -0.15) is 0 Å². The summed E-state index contributed by atoms with van der Waals surface area (Å²) in [4.78, 5) is 17.0. The lowest BCUT2D eigenvalue weighted by Gasteiger charge is -2.19. The molecule has 1 aliphatic carbocycles. The molecular weight excluding hydrogens is 340 g/mol. The summed E-state index contributed by atoms with van der Waals surface area (Å²) < 4.78 is 10.7. The molecule has 1 unspecified atom stereocenters. The number of carbonyl (C=O) groups excluding carboxylic acids is 1. The molecular formula is C22H22N2O3. The van der Waals surface area contributed by atoms with Crippen LogP contribution in [0.3, 0.4) is 0 Å². The number of hydrogen-bond acceptors (Lipinski definition) is 4. The summed E-state index contributed by atoms with van der Waals surface area (Å²) in [5.41, 5.74) is 2.64. The standard InChI is InChI=1S/C22H22N2O3/c1-26-19-11-9-16(10-12-19)21(15-7-8-15)24-20(25)13-18-14-27-22(23-18)17-5-3-2-4-6-17/h2-6,9-12,14-15,21H,7-8,13H2,1H3,(H,24,25). The molecule has 0 saturated heterocycles. The van der Waals surface area contributed by atoms with Crippen LogP contribution < -0.4 is 10.1 Å². The highest BCUT2D eigenvalue weighted by Crippen LogP contribution is 2.41. The zero-order valence-corrected chi connectivity index (χ0v) is 15.2. The highest BCUT2D eigenvalue weighted by Gasteiger charge is 2.33. The molecule has 1 atom stereocenters. The number of methoxy groups -OCH3 is 1. The van der Waals surface area contributed by atoms with Crippen LogP contribution in [0.1, 0.15) is 30.1 Å². The number of amides is 1. The molecule has 1 heterocycles. The van der Waals surface area contributed by atoms with E-state index in [-0.39, 0.29) is 18.4 Å². The van der Waals surface area contributed by atoms with E-state index in [1.807, 2.05) is 54.6 Å². The first-order valence-corrected chi connectivity index (χ1v) is 9.16. The second kappa shape index (κ2) is 7.66. The van der Waals surface area contributed by atoms with Crippen LogP contribution in [0, 0.1) is 5.92 Å². The summed E-state index contributed by atoms with van der Waals surface area (Å²) in [6, 6.07) is 17.6. The lowest BCUT2D eigenvalue weighted by atomic mass is 10.0. The van der Waals surface area contributed by atoms with E-state index in [1.54, 1.807) is 13.4 Å². The second-order valence-electron chi connectivity index (χ2n) is 6.84. The van der Waals surface area contributed by atoms with Gasteiger partial charge in [-0.15, -0.1) is 0 Å². The molecule has 138 valence electrons. The van der Waals surface area contributed by atoms with Gasteiger partial charge in [0, 0.05) is 5.56 Å². The van der Waals surface area contributed by atoms with Gasteiger partial charge < -0.3 is 14.5 Å². The van der Waals surface area contributed by atoms with Gasteiger partial charge in [0.1, 0.15) is 12.0 Å². The molecule has 5 nitrogen and oxygen atoms in total. The Kier molecular flexibility index (Phi) is 4.92. The minimum Gasteiger partial charge on any atom is -0.497 e. The molecule has 5 heteroatoms. The Hall–Kier alpha value is -3.08. The van der Waals surface area contributed by atoms with E-state index in [0.29, 0.717) is 17.5 Å². The highest BCUT2D eigenvalue weighted by atomic mass is 16.5. The molecule has 0 bridgehead atoms. The van der Waals surface area contributed by atoms with Crippen LogP contribution in [-0.4, -0.2) is 18.0 Å². The van der Waals surface area contributed by atoms with E-state index < -0.39 is 0 Å². The van der Waals surface area contributed by atoms with Crippen molar-refractivity contribution in [1.29, 1.82) is 0 Å². The van der Waals surface area contributed by atoms with Crippen molar-refractivity contribution < 1.29 is 13.9 Å². The Morgan fingerprint density at radius 1 is 1.19 bits per heavy atom. The second-order valence-corrected chi connectivity index (χ2v) is 6.84. The van der Waals surface area contributed by atoms with Crippen LogP contribution in [-0.2, 0) is 11.2 Å². The maximum absolute atomic E-state index is 12.6. The van der Waals surface area contributed by atoms with Gasteiger partial charge in [0.05, 0.1) is 25.3 Å². The van der Waals surface area contributed by atoms with Gasteiger partial charge in [0.15, 0.2) is 0 Å². The summed E-state index contributed by atoms with van der Waals surface area (Å²) in [7, 11) is 1.65. The Morgan fingerprint density at radius 3 is 2.59 bits per heavy atom. The van der Waals surface area contributed by atoms with E-state index in [1.165, 1.54) is 0 Å². The predicted molar refractivity (Wildman–Crippen MR) is 102 cm³/mol. The third kappa shape index (κ3) is 4.19. The van der Waals surface area contributed by atoms with Crippen LogP contribution in [0.4, 0.5) is 0 Å². The summed E-state index contributed by atoms with van der Waals surface area (Å²) in [6.07, 6.45) is 4.04. The lowest BCUT2D eigenvalue weighted by molar-refractivity contribution is -0.121. The third-order valence-corrected chi connectivity index (χ3v) is 4.80. The fraction of sp³-hybridized carbons (Fsp3) is 0.273. The Balaban J connectivity index is 1.42. The van der Waals surface area contributed by atoms with Crippen molar-refractivity contribution in [2.75, 3.05) is 7.11 Å². The zero-order chi connectivity index (χ0) is 18.6. The summed E-state index contributed by atoms with van der Waals surface area (Å²) >= 11 is 0. The number of oxazole rings is 1. The van der Waals surface area contributed by atoms with E-state index in [4.69, 9.17) is 9.15 Å². The van der Waals surface area contributed by atoms with Crippen molar-refractivity contribution in [2.45, 2.75) is 25.3 Å². The van der Waals surface area contributed by atoms with Gasteiger partial charge in [-0.1, -0.05) is 30.3 Å². The van der Waals surface area contributed by atoms with Crippen molar-refractivity contribution in [3.8, 4) is 17.2 Å². The third-order valence-electron chi connectivity index (χ3n) is 4.80. The van der Waals surface area contributed by atoms with Gasteiger partial charge >= 0.3 is 0 Å². The molecule has 0 radical (unpaired) electrons. The van der Waals surface area contributed by atoms with E-state index in [9.17, 15) is 4.79 Å². The van der Waals surface area contributed by atoms with Crippen molar-refractivity contribution in [3.63, 3.8) is 0 Å². The Bertz CT molecular complexity index is 899. The normalized spacial score (nSPS) is 14.6. The van der Waals surface area contributed by atoms with Gasteiger partial charge in [-0.05, 0) is 48.6 Å². The topological polar surface area (TPSA) is 64.4 Å². The Labute approximate surface area is 158 Å². The number of benzene rings is 2. The summed E-state index contributed by atoms with van der Waals surface area (Å²) in [5, 5.41) is 3.17. The van der Waals surface area contributed by atoms with Crippen LogP contribution in [0.15, 0.2) is 65.3 Å².